The van der Waals surface area contributed by atoms with Crippen LogP contribution in [0.4, 0.5) is 5.82 Å². The molecule has 27 heavy (non-hydrogen) atoms. The Morgan fingerprint density at radius 2 is 2.00 bits per heavy atom. The Hall–Kier alpha value is -2.81. The van der Waals surface area contributed by atoms with E-state index in [0.29, 0.717) is 18.5 Å². The van der Waals surface area contributed by atoms with E-state index in [1.807, 2.05) is 16.6 Å². The Balaban J connectivity index is 1.27. The summed E-state index contributed by atoms with van der Waals surface area (Å²) in [4.78, 5) is 20.6. The van der Waals surface area contributed by atoms with Crippen LogP contribution < -0.4 is 10.5 Å². The maximum atomic E-state index is 11.8. The Labute approximate surface area is 156 Å². The maximum absolute atomic E-state index is 11.8. The maximum Gasteiger partial charge on any atom is 0.253 e. The van der Waals surface area contributed by atoms with Gasteiger partial charge < -0.3 is 4.90 Å². The quantitative estimate of drug-likeness (QED) is 0.647. The van der Waals surface area contributed by atoms with E-state index in [1.165, 1.54) is 18.9 Å². The van der Waals surface area contributed by atoms with Crippen molar-refractivity contribution in [1.29, 1.82) is 0 Å². The van der Waals surface area contributed by atoms with Crippen LogP contribution in [0.15, 0.2) is 29.2 Å². The first-order valence-electron chi connectivity index (χ1n) is 9.28. The molecule has 0 radical (unpaired) electrons. The molecule has 5 rings (SSSR count). The second-order valence-corrected chi connectivity index (χ2v) is 7.53. The molecule has 9 nitrogen and oxygen atoms in total. The Morgan fingerprint density at radius 1 is 1.19 bits per heavy atom. The van der Waals surface area contributed by atoms with E-state index in [9.17, 15) is 4.79 Å². The molecule has 140 valence electrons. The third kappa shape index (κ3) is 2.87. The summed E-state index contributed by atoms with van der Waals surface area (Å²) in [7, 11) is 3.84. The average molecular weight is 366 g/mol. The number of fused-ring (bicyclic) bond motifs is 1. The van der Waals surface area contributed by atoms with Crippen molar-refractivity contribution in [2.24, 2.45) is 7.05 Å². The molecule has 0 amide bonds. The molecule has 3 aromatic rings. The molecule has 0 unspecified atom stereocenters. The van der Waals surface area contributed by atoms with Crippen molar-refractivity contribution in [3.63, 3.8) is 0 Å². The van der Waals surface area contributed by atoms with Crippen molar-refractivity contribution in [3.05, 3.63) is 46.4 Å². The second-order valence-electron chi connectivity index (χ2n) is 7.53. The molecule has 0 N–H and O–H groups in total. The highest BCUT2D eigenvalue weighted by Gasteiger charge is 2.33. The minimum absolute atomic E-state index is 0.0263. The Kier molecular flexibility index (Phi) is 3.71. The lowest BCUT2D eigenvalue weighted by Gasteiger charge is -2.44. The van der Waals surface area contributed by atoms with Gasteiger partial charge in [0.25, 0.3) is 5.56 Å². The van der Waals surface area contributed by atoms with Crippen molar-refractivity contribution in [1.82, 2.24) is 34.3 Å². The van der Waals surface area contributed by atoms with Crippen molar-refractivity contribution in [2.45, 2.75) is 31.3 Å². The van der Waals surface area contributed by atoms with Crippen molar-refractivity contribution in [3.8, 4) is 0 Å². The van der Waals surface area contributed by atoms with Crippen LogP contribution in [0.1, 0.15) is 30.4 Å². The summed E-state index contributed by atoms with van der Waals surface area (Å²) in [6.07, 6.45) is 3.94. The Morgan fingerprint density at radius 3 is 2.78 bits per heavy atom. The molecule has 0 aromatic carbocycles. The van der Waals surface area contributed by atoms with Gasteiger partial charge >= 0.3 is 0 Å². The summed E-state index contributed by atoms with van der Waals surface area (Å²) in [6.45, 7) is 2.45. The Bertz CT molecular complexity index is 1050. The standard InChI is InChI=1S/C18H22N8O/c1-23(11-16-19-8-7-17(27)24(16)2)13-9-25(10-13)15-6-5-14-20-21-18(12-3-4-12)26(14)22-15/h5-8,12-13H,3-4,9-11H2,1-2H3. The van der Waals surface area contributed by atoms with E-state index < -0.39 is 0 Å². The number of hydrogen-bond donors (Lipinski definition) is 0. The number of likely N-dealkylation sites (N-methyl/N-ethyl adjacent to an activating group) is 1. The second kappa shape index (κ2) is 6.12. The van der Waals surface area contributed by atoms with Crippen molar-refractivity contribution < 1.29 is 0 Å². The van der Waals surface area contributed by atoms with Gasteiger partial charge in [-0.1, -0.05) is 0 Å². The summed E-state index contributed by atoms with van der Waals surface area (Å²) >= 11 is 0. The van der Waals surface area contributed by atoms with Gasteiger partial charge in [-0.2, -0.15) is 4.52 Å². The fraction of sp³-hybridized carbons (Fsp3) is 0.500. The van der Waals surface area contributed by atoms with Crippen LogP contribution in [0.3, 0.4) is 0 Å². The lowest BCUT2D eigenvalue weighted by Crippen LogP contribution is -2.58. The first kappa shape index (κ1) is 16.4. The molecule has 1 aliphatic heterocycles. The van der Waals surface area contributed by atoms with E-state index in [-0.39, 0.29) is 5.56 Å². The molecule has 2 aliphatic rings. The summed E-state index contributed by atoms with van der Waals surface area (Å²) in [5.74, 6) is 3.24. The minimum atomic E-state index is -0.0263. The van der Waals surface area contributed by atoms with E-state index in [4.69, 9.17) is 5.10 Å². The van der Waals surface area contributed by atoms with Gasteiger partial charge in [0.05, 0.1) is 6.54 Å². The van der Waals surface area contributed by atoms with Gasteiger partial charge in [-0.3, -0.25) is 14.3 Å². The van der Waals surface area contributed by atoms with E-state index in [2.05, 4.69) is 32.0 Å². The van der Waals surface area contributed by atoms with Crippen LogP contribution in [0.2, 0.25) is 0 Å². The third-order valence-corrected chi connectivity index (χ3v) is 5.57. The van der Waals surface area contributed by atoms with Crippen LogP contribution >= 0.6 is 0 Å². The summed E-state index contributed by atoms with van der Waals surface area (Å²) < 4.78 is 3.50. The summed E-state index contributed by atoms with van der Waals surface area (Å²) in [6, 6.07) is 5.89. The monoisotopic (exact) mass is 366 g/mol. The van der Waals surface area contributed by atoms with Gasteiger partial charge in [-0.25, -0.2) is 4.98 Å². The first-order chi connectivity index (χ1) is 13.1. The van der Waals surface area contributed by atoms with Crippen LogP contribution in [0, 0.1) is 0 Å². The van der Waals surface area contributed by atoms with Crippen molar-refractivity contribution in [2.75, 3.05) is 25.0 Å². The van der Waals surface area contributed by atoms with E-state index in [1.54, 1.807) is 17.8 Å². The highest BCUT2D eigenvalue weighted by atomic mass is 16.1. The first-order valence-corrected chi connectivity index (χ1v) is 9.28. The number of hydrogen-bond acceptors (Lipinski definition) is 7. The van der Waals surface area contributed by atoms with Gasteiger partial charge in [-0.15, -0.1) is 15.3 Å². The lowest BCUT2D eigenvalue weighted by molar-refractivity contribution is 0.190. The van der Waals surface area contributed by atoms with Crippen LogP contribution in [-0.2, 0) is 13.6 Å². The van der Waals surface area contributed by atoms with Gasteiger partial charge in [0.15, 0.2) is 11.5 Å². The molecule has 3 aromatic heterocycles. The lowest BCUT2D eigenvalue weighted by atomic mass is 10.1. The molecule has 1 aliphatic carbocycles. The summed E-state index contributed by atoms with van der Waals surface area (Å²) in [5, 5.41) is 13.3. The molecule has 0 spiro atoms. The molecular weight excluding hydrogens is 344 g/mol. The van der Waals surface area contributed by atoms with Gasteiger partial charge in [0.2, 0.25) is 0 Å². The predicted molar refractivity (Wildman–Crippen MR) is 99.7 cm³/mol. The van der Waals surface area contributed by atoms with Gasteiger partial charge in [-0.05, 0) is 32.0 Å². The van der Waals surface area contributed by atoms with E-state index in [0.717, 1.165) is 36.2 Å². The molecular formula is C18H22N8O. The van der Waals surface area contributed by atoms with Gasteiger partial charge in [0, 0.05) is 44.4 Å². The highest BCUT2D eigenvalue weighted by Crippen LogP contribution is 2.38. The number of rotatable bonds is 5. The molecule has 1 saturated carbocycles. The zero-order valence-electron chi connectivity index (χ0n) is 15.5. The average Bonchev–Trinajstić information content (AvgIpc) is 3.37. The van der Waals surface area contributed by atoms with E-state index >= 15 is 0 Å². The largest absolute Gasteiger partial charge is 0.352 e. The van der Waals surface area contributed by atoms with Crippen LogP contribution in [0.25, 0.3) is 5.65 Å². The molecule has 0 atom stereocenters. The number of nitrogens with zero attached hydrogens (tertiary/aromatic N) is 8. The fourth-order valence-electron chi connectivity index (χ4n) is 3.49. The third-order valence-electron chi connectivity index (χ3n) is 5.57. The minimum Gasteiger partial charge on any atom is -0.352 e. The molecule has 9 heteroatoms. The van der Waals surface area contributed by atoms with Crippen LogP contribution in [-0.4, -0.2) is 60.4 Å². The number of aromatic nitrogens is 6. The zero-order valence-corrected chi connectivity index (χ0v) is 15.5. The SMILES string of the molecule is CN(Cc1nccc(=O)n1C)C1CN(c2ccc3nnc(C4CC4)n3n2)C1. The molecule has 2 fully saturated rings. The molecule has 4 heterocycles. The van der Waals surface area contributed by atoms with Crippen molar-refractivity contribution >= 4 is 11.5 Å². The number of anilines is 1. The predicted octanol–water partition coefficient (Wildman–Crippen LogP) is 0.416. The zero-order chi connectivity index (χ0) is 18.5. The topological polar surface area (TPSA) is 84.5 Å². The van der Waals surface area contributed by atoms with Crippen LogP contribution in [0.5, 0.6) is 0 Å². The summed E-state index contributed by atoms with van der Waals surface area (Å²) in [5.41, 5.74) is 0.785. The smallest absolute Gasteiger partial charge is 0.253 e. The van der Waals surface area contributed by atoms with Gasteiger partial charge in [0.1, 0.15) is 11.6 Å². The highest BCUT2D eigenvalue weighted by molar-refractivity contribution is 5.48. The fourth-order valence-corrected chi connectivity index (χ4v) is 3.49. The molecule has 0 bridgehead atoms. The molecule has 1 saturated heterocycles. The normalized spacial score (nSPS) is 17.7.